The average molecular weight is 394 g/mol. The number of nitrogens with zero attached hydrogens (tertiary/aromatic N) is 4. The second-order valence-electron chi connectivity index (χ2n) is 7.00. The minimum Gasteiger partial charge on any atom is -0.496 e. The average Bonchev–Trinajstić information content (AvgIpc) is 3.11. The van der Waals surface area contributed by atoms with E-state index in [0.29, 0.717) is 55.2 Å². The summed E-state index contributed by atoms with van der Waals surface area (Å²) in [6.07, 6.45) is 0. The predicted octanol–water partition coefficient (Wildman–Crippen LogP) is 2.02. The Hall–Kier alpha value is -1.97. The van der Waals surface area contributed by atoms with Gasteiger partial charge < -0.3 is 9.15 Å². The summed E-state index contributed by atoms with van der Waals surface area (Å²) >= 11 is 0. The lowest BCUT2D eigenvalue weighted by Gasteiger charge is -2.33. The van der Waals surface area contributed by atoms with E-state index in [1.165, 1.54) is 4.31 Å². The van der Waals surface area contributed by atoms with Crippen LogP contribution in [0.3, 0.4) is 0 Å². The van der Waals surface area contributed by atoms with Crippen LogP contribution < -0.4 is 4.74 Å². The highest BCUT2D eigenvalue weighted by Crippen LogP contribution is 2.24. The molecule has 1 aromatic carbocycles. The number of rotatable bonds is 6. The molecule has 0 aliphatic carbocycles. The van der Waals surface area contributed by atoms with E-state index in [0.717, 1.165) is 5.56 Å². The first kappa shape index (κ1) is 19.8. The molecule has 3 rings (SSSR count). The molecule has 0 amide bonds. The smallest absolute Gasteiger partial charge is 0.243 e. The zero-order valence-electron chi connectivity index (χ0n) is 16.2. The lowest BCUT2D eigenvalue weighted by molar-refractivity contribution is 0.167. The number of benzene rings is 1. The van der Waals surface area contributed by atoms with Gasteiger partial charge in [0.25, 0.3) is 0 Å². The summed E-state index contributed by atoms with van der Waals surface area (Å²) in [4.78, 5) is 2.43. The molecule has 1 fully saturated rings. The summed E-state index contributed by atoms with van der Waals surface area (Å²) in [5, 5.41) is 8.11. The van der Waals surface area contributed by atoms with Gasteiger partial charge in [-0.05, 0) is 30.7 Å². The zero-order chi connectivity index (χ0) is 19.6. The molecule has 0 radical (unpaired) electrons. The fourth-order valence-corrected chi connectivity index (χ4v) is 4.55. The van der Waals surface area contributed by atoms with Crippen LogP contribution in [0.25, 0.3) is 0 Å². The quantitative estimate of drug-likeness (QED) is 0.740. The van der Waals surface area contributed by atoms with Crippen molar-refractivity contribution in [3.05, 3.63) is 35.5 Å². The third kappa shape index (κ3) is 4.31. The van der Waals surface area contributed by atoms with E-state index in [-0.39, 0.29) is 5.92 Å². The molecule has 27 heavy (non-hydrogen) atoms. The van der Waals surface area contributed by atoms with Crippen LogP contribution in [0, 0.1) is 6.92 Å². The molecule has 148 valence electrons. The lowest BCUT2D eigenvalue weighted by atomic mass is 10.2. The van der Waals surface area contributed by atoms with E-state index in [9.17, 15) is 8.42 Å². The Morgan fingerprint density at radius 1 is 1.19 bits per heavy atom. The second-order valence-corrected chi connectivity index (χ2v) is 8.94. The number of piperazine rings is 1. The van der Waals surface area contributed by atoms with Gasteiger partial charge in [0, 0.05) is 32.1 Å². The van der Waals surface area contributed by atoms with Gasteiger partial charge in [-0.15, -0.1) is 10.2 Å². The fourth-order valence-electron chi connectivity index (χ4n) is 3.04. The van der Waals surface area contributed by atoms with Crippen molar-refractivity contribution in [2.45, 2.75) is 38.1 Å². The third-order valence-electron chi connectivity index (χ3n) is 4.67. The van der Waals surface area contributed by atoms with Gasteiger partial charge in [0.1, 0.15) is 5.75 Å². The normalized spacial score (nSPS) is 16.8. The maximum atomic E-state index is 12.9. The molecule has 0 atom stereocenters. The van der Waals surface area contributed by atoms with Crippen molar-refractivity contribution in [2.75, 3.05) is 33.3 Å². The molecule has 0 N–H and O–H groups in total. The van der Waals surface area contributed by atoms with E-state index < -0.39 is 10.0 Å². The Labute approximate surface area is 160 Å². The first-order valence-electron chi connectivity index (χ1n) is 9.00. The predicted molar refractivity (Wildman–Crippen MR) is 100 cm³/mol. The van der Waals surface area contributed by atoms with Crippen LogP contribution in [-0.4, -0.2) is 61.1 Å². The Morgan fingerprint density at radius 3 is 2.44 bits per heavy atom. The van der Waals surface area contributed by atoms with Gasteiger partial charge in [-0.25, -0.2) is 8.42 Å². The van der Waals surface area contributed by atoms with Gasteiger partial charge in [0.05, 0.1) is 18.6 Å². The van der Waals surface area contributed by atoms with Crippen molar-refractivity contribution in [3.8, 4) is 5.75 Å². The van der Waals surface area contributed by atoms with Crippen molar-refractivity contribution in [1.82, 2.24) is 19.4 Å². The number of ether oxygens (including phenoxy) is 1. The van der Waals surface area contributed by atoms with Crippen molar-refractivity contribution in [1.29, 1.82) is 0 Å². The van der Waals surface area contributed by atoms with E-state index >= 15 is 0 Å². The Bertz CT molecular complexity index is 887. The van der Waals surface area contributed by atoms with Gasteiger partial charge in [-0.3, -0.25) is 4.90 Å². The second kappa shape index (κ2) is 7.95. The summed E-state index contributed by atoms with van der Waals surface area (Å²) in [6, 6.07) is 4.95. The lowest BCUT2D eigenvalue weighted by Crippen LogP contribution is -2.48. The topological polar surface area (TPSA) is 88.8 Å². The molecular weight excluding hydrogens is 368 g/mol. The van der Waals surface area contributed by atoms with E-state index in [2.05, 4.69) is 15.1 Å². The molecule has 1 aromatic heterocycles. The van der Waals surface area contributed by atoms with Crippen LogP contribution in [0.15, 0.2) is 27.5 Å². The molecule has 9 heteroatoms. The SMILES string of the molecule is COc1ccc(S(=O)(=O)N2CCN(Cc3nnc(C(C)C)o3)CC2)cc1C. The highest BCUT2D eigenvalue weighted by atomic mass is 32.2. The van der Waals surface area contributed by atoms with Crippen molar-refractivity contribution in [2.24, 2.45) is 0 Å². The molecule has 1 aliphatic rings. The maximum Gasteiger partial charge on any atom is 0.243 e. The molecular formula is C18H26N4O4S. The molecule has 2 heterocycles. The van der Waals surface area contributed by atoms with Crippen LogP contribution in [-0.2, 0) is 16.6 Å². The molecule has 0 spiro atoms. The van der Waals surface area contributed by atoms with E-state index in [4.69, 9.17) is 9.15 Å². The van der Waals surface area contributed by atoms with Crippen molar-refractivity contribution >= 4 is 10.0 Å². The molecule has 2 aromatic rings. The third-order valence-corrected chi connectivity index (χ3v) is 6.57. The fraction of sp³-hybridized carbons (Fsp3) is 0.556. The number of aromatic nitrogens is 2. The molecule has 0 saturated carbocycles. The van der Waals surface area contributed by atoms with E-state index in [1.54, 1.807) is 25.3 Å². The zero-order valence-corrected chi connectivity index (χ0v) is 17.0. The van der Waals surface area contributed by atoms with Crippen molar-refractivity contribution in [3.63, 3.8) is 0 Å². The Balaban J connectivity index is 1.63. The summed E-state index contributed by atoms with van der Waals surface area (Å²) in [5.74, 6) is 2.07. The summed E-state index contributed by atoms with van der Waals surface area (Å²) in [5.41, 5.74) is 0.801. The summed E-state index contributed by atoms with van der Waals surface area (Å²) in [7, 11) is -1.94. The van der Waals surface area contributed by atoms with Gasteiger partial charge in [-0.2, -0.15) is 4.31 Å². The van der Waals surface area contributed by atoms with Gasteiger partial charge in [0.2, 0.25) is 21.8 Å². The summed E-state index contributed by atoms with van der Waals surface area (Å²) < 4.78 is 38.2. The molecule has 0 bridgehead atoms. The standard InChI is InChI=1S/C18H26N4O4S/c1-13(2)18-20-19-17(26-18)12-21-7-9-22(10-8-21)27(23,24)15-5-6-16(25-4)14(3)11-15/h5-6,11,13H,7-10,12H2,1-4H3. The van der Waals surface area contributed by atoms with Crippen LogP contribution in [0.2, 0.25) is 0 Å². The highest BCUT2D eigenvalue weighted by molar-refractivity contribution is 7.89. The van der Waals surface area contributed by atoms with Gasteiger partial charge in [0.15, 0.2) is 0 Å². The first-order chi connectivity index (χ1) is 12.8. The van der Waals surface area contributed by atoms with Gasteiger partial charge in [-0.1, -0.05) is 13.8 Å². The summed E-state index contributed by atoms with van der Waals surface area (Å²) in [6.45, 7) is 8.48. The first-order valence-corrected chi connectivity index (χ1v) is 10.4. The van der Waals surface area contributed by atoms with Crippen molar-refractivity contribution < 1.29 is 17.6 Å². The maximum absolute atomic E-state index is 12.9. The van der Waals surface area contributed by atoms with Gasteiger partial charge >= 0.3 is 0 Å². The number of hydrogen-bond donors (Lipinski definition) is 0. The molecule has 1 aliphatic heterocycles. The minimum absolute atomic E-state index is 0.196. The number of methoxy groups -OCH3 is 1. The van der Waals surface area contributed by atoms with E-state index in [1.807, 2.05) is 20.8 Å². The Morgan fingerprint density at radius 2 is 1.89 bits per heavy atom. The number of hydrogen-bond acceptors (Lipinski definition) is 7. The largest absolute Gasteiger partial charge is 0.496 e. The Kier molecular flexibility index (Phi) is 5.83. The minimum atomic E-state index is -3.51. The molecule has 8 nitrogen and oxygen atoms in total. The van der Waals surface area contributed by atoms with Crippen LogP contribution in [0.5, 0.6) is 5.75 Å². The number of sulfonamides is 1. The monoisotopic (exact) mass is 394 g/mol. The molecule has 0 unspecified atom stereocenters. The van der Waals surface area contributed by atoms with Crippen LogP contribution in [0.1, 0.15) is 37.1 Å². The van der Waals surface area contributed by atoms with Crippen LogP contribution >= 0.6 is 0 Å². The number of aryl methyl sites for hydroxylation is 1. The van der Waals surface area contributed by atoms with Crippen LogP contribution in [0.4, 0.5) is 0 Å². The molecule has 1 saturated heterocycles. The highest BCUT2D eigenvalue weighted by Gasteiger charge is 2.29.